The van der Waals surface area contributed by atoms with Crippen LogP contribution in [0.25, 0.3) is 5.57 Å². The van der Waals surface area contributed by atoms with Crippen molar-refractivity contribution in [2.45, 2.75) is 24.5 Å². The number of amides is 1. The van der Waals surface area contributed by atoms with Crippen LogP contribution in [0.4, 0.5) is 18.9 Å². The molecule has 4 rings (SSSR count). The predicted molar refractivity (Wildman–Crippen MR) is 122 cm³/mol. The summed E-state index contributed by atoms with van der Waals surface area (Å²) in [5.41, 5.74) is 1.05. The van der Waals surface area contributed by atoms with Crippen LogP contribution in [0.3, 0.4) is 0 Å². The number of hydrogen-bond donors (Lipinski definition) is 0. The predicted octanol–water partition coefficient (Wildman–Crippen LogP) is 5.36. The van der Waals surface area contributed by atoms with Crippen molar-refractivity contribution >= 4 is 27.0 Å². The summed E-state index contributed by atoms with van der Waals surface area (Å²) < 4.78 is 72.5. The SMILES string of the molecule is CCOc1ccc2c(c1)/C(=C/S(=O)(=O)c1ccccc1)c1ccccc1N(C(=O)C(F)(F)F)C2. The highest BCUT2D eigenvalue weighted by atomic mass is 32.2. The van der Waals surface area contributed by atoms with E-state index in [9.17, 15) is 26.4 Å². The fourth-order valence-corrected chi connectivity index (χ4v) is 5.07. The Hall–Kier alpha value is -3.59. The normalized spacial score (nSPS) is 14.8. The number of sulfone groups is 1. The van der Waals surface area contributed by atoms with Crippen LogP contribution in [0.2, 0.25) is 0 Å². The molecule has 1 heterocycles. The van der Waals surface area contributed by atoms with Gasteiger partial charge in [0, 0.05) is 16.5 Å². The van der Waals surface area contributed by atoms with Crippen LogP contribution in [0.5, 0.6) is 5.75 Å². The van der Waals surface area contributed by atoms with E-state index in [1.165, 1.54) is 30.3 Å². The Morgan fingerprint density at radius 3 is 2.35 bits per heavy atom. The second-order valence-electron chi connectivity index (χ2n) is 7.55. The number of ether oxygens (including phenoxy) is 1. The van der Waals surface area contributed by atoms with E-state index in [0.29, 0.717) is 28.4 Å². The van der Waals surface area contributed by atoms with Crippen molar-refractivity contribution in [1.29, 1.82) is 0 Å². The number of benzene rings is 3. The molecule has 176 valence electrons. The lowest BCUT2D eigenvalue weighted by molar-refractivity contribution is -0.170. The van der Waals surface area contributed by atoms with Crippen LogP contribution in [0.1, 0.15) is 23.6 Å². The molecule has 0 bridgehead atoms. The topological polar surface area (TPSA) is 63.7 Å². The van der Waals surface area contributed by atoms with Crippen molar-refractivity contribution in [2.24, 2.45) is 0 Å². The molecule has 0 atom stereocenters. The van der Waals surface area contributed by atoms with Gasteiger partial charge < -0.3 is 4.74 Å². The summed E-state index contributed by atoms with van der Waals surface area (Å²) in [6, 6.07) is 18.4. The first-order valence-corrected chi connectivity index (χ1v) is 11.9. The molecule has 0 N–H and O–H groups in total. The Kier molecular flexibility index (Phi) is 6.22. The first-order chi connectivity index (χ1) is 16.1. The monoisotopic (exact) mass is 487 g/mol. The molecular formula is C25H20F3NO4S. The summed E-state index contributed by atoms with van der Waals surface area (Å²) in [4.78, 5) is 13.0. The number of carbonyl (C=O) groups is 1. The number of alkyl halides is 3. The summed E-state index contributed by atoms with van der Waals surface area (Å²) in [6.45, 7) is 1.73. The lowest BCUT2D eigenvalue weighted by Crippen LogP contribution is -2.40. The van der Waals surface area contributed by atoms with Gasteiger partial charge in [0.05, 0.1) is 23.7 Å². The van der Waals surface area contributed by atoms with Crippen molar-refractivity contribution in [3.63, 3.8) is 0 Å². The lowest BCUT2D eigenvalue weighted by atomic mass is 9.95. The van der Waals surface area contributed by atoms with E-state index >= 15 is 0 Å². The number of rotatable bonds is 4. The fraction of sp³-hybridized carbons (Fsp3) is 0.160. The molecule has 0 aromatic heterocycles. The first kappa shape index (κ1) is 23.6. The Morgan fingerprint density at radius 2 is 1.68 bits per heavy atom. The number of fused-ring (bicyclic) bond motifs is 2. The highest BCUT2D eigenvalue weighted by Gasteiger charge is 2.44. The number of hydrogen-bond acceptors (Lipinski definition) is 4. The molecule has 9 heteroatoms. The Balaban J connectivity index is 2.02. The fourth-order valence-electron chi connectivity index (χ4n) is 3.83. The van der Waals surface area contributed by atoms with Gasteiger partial charge in [-0.1, -0.05) is 42.5 Å². The van der Waals surface area contributed by atoms with E-state index in [1.807, 2.05) is 0 Å². The van der Waals surface area contributed by atoms with Gasteiger partial charge in [0.1, 0.15) is 5.75 Å². The molecule has 0 radical (unpaired) electrons. The third-order valence-corrected chi connectivity index (χ3v) is 6.80. The van der Waals surface area contributed by atoms with E-state index in [0.717, 1.165) is 5.41 Å². The van der Waals surface area contributed by atoms with Crippen molar-refractivity contribution in [3.8, 4) is 5.75 Å². The van der Waals surface area contributed by atoms with Crippen LogP contribution in [-0.4, -0.2) is 27.1 Å². The quantitative estimate of drug-likeness (QED) is 0.497. The maximum absolute atomic E-state index is 13.5. The average Bonchev–Trinajstić information content (AvgIpc) is 2.94. The summed E-state index contributed by atoms with van der Waals surface area (Å²) in [5, 5.41) is 1.04. The maximum atomic E-state index is 13.5. The van der Waals surface area contributed by atoms with Gasteiger partial charge in [-0.3, -0.25) is 9.69 Å². The molecule has 0 aliphatic carbocycles. The van der Waals surface area contributed by atoms with Crippen molar-refractivity contribution in [1.82, 2.24) is 0 Å². The van der Waals surface area contributed by atoms with Crippen molar-refractivity contribution in [2.75, 3.05) is 11.5 Å². The Bertz CT molecular complexity index is 1370. The van der Waals surface area contributed by atoms with Crippen molar-refractivity contribution in [3.05, 3.63) is 94.9 Å². The van der Waals surface area contributed by atoms with E-state index in [1.54, 1.807) is 49.4 Å². The van der Waals surface area contributed by atoms with Crippen LogP contribution in [-0.2, 0) is 21.2 Å². The molecule has 0 spiro atoms. The van der Waals surface area contributed by atoms with E-state index < -0.39 is 21.9 Å². The Labute approximate surface area is 195 Å². The highest BCUT2D eigenvalue weighted by Crippen LogP contribution is 2.41. The average molecular weight is 487 g/mol. The van der Waals surface area contributed by atoms with E-state index in [4.69, 9.17) is 4.74 Å². The third-order valence-electron chi connectivity index (χ3n) is 5.33. The minimum absolute atomic E-state index is 0.0338. The van der Waals surface area contributed by atoms with Gasteiger partial charge in [-0.25, -0.2) is 8.42 Å². The smallest absolute Gasteiger partial charge is 0.471 e. The first-order valence-electron chi connectivity index (χ1n) is 10.4. The second-order valence-corrected chi connectivity index (χ2v) is 9.34. The van der Waals surface area contributed by atoms with Crippen LogP contribution >= 0.6 is 0 Å². The van der Waals surface area contributed by atoms with E-state index in [-0.39, 0.29) is 28.3 Å². The summed E-state index contributed by atoms with van der Waals surface area (Å²) >= 11 is 0. The molecular weight excluding hydrogens is 467 g/mol. The van der Waals surface area contributed by atoms with Gasteiger partial charge in [-0.2, -0.15) is 13.2 Å². The van der Waals surface area contributed by atoms with Gasteiger partial charge in [-0.15, -0.1) is 0 Å². The number of nitrogens with zero attached hydrogens (tertiary/aromatic N) is 1. The highest BCUT2D eigenvalue weighted by molar-refractivity contribution is 7.94. The zero-order chi connectivity index (χ0) is 24.5. The van der Waals surface area contributed by atoms with Gasteiger partial charge in [0.15, 0.2) is 9.84 Å². The summed E-state index contributed by atoms with van der Waals surface area (Å²) in [6.07, 6.45) is -5.11. The molecule has 0 unspecified atom stereocenters. The third kappa shape index (κ3) is 4.56. The minimum atomic E-state index is -5.11. The standard InChI is InChI=1S/C25H20F3NO4S/c1-2-33-18-13-12-17-15-29(24(30)25(26,27)28)23-11-7-6-10-20(23)22(21(17)14-18)16-34(31,32)19-8-4-3-5-9-19/h3-14,16H,2,15H2,1H3/b22-16+. The van der Waals surface area contributed by atoms with Crippen LogP contribution in [0.15, 0.2) is 83.1 Å². The molecule has 5 nitrogen and oxygen atoms in total. The van der Waals surface area contributed by atoms with Crippen LogP contribution in [0, 0.1) is 0 Å². The lowest BCUT2D eigenvalue weighted by Gasteiger charge is -2.24. The van der Waals surface area contributed by atoms with Gasteiger partial charge in [-0.05, 0) is 48.4 Å². The molecule has 34 heavy (non-hydrogen) atoms. The van der Waals surface area contributed by atoms with Gasteiger partial charge in [0.2, 0.25) is 0 Å². The second kappa shape index (κ2) is 8.98. The summed E-state index contributed by atoms with van der Waals surface area (Å²) in [5.74, 6) is -1.61. The largest absolute Gasteiger partial charge is 0.494 e. The van der Waals surface area contributed by atoms with Gasteiger partial charge >= 0.3 is 12.1 Å². The van der Waals surface area contributed by atoms with Crippen molar-refractivity contribution < 1.29 is 31.1 Å². The molecule has 3 aromatic rings. The molecule has 0 saturated heterocycles. The molecule has 0 fully saturated rings. The molecule has 1 aliphatic heterocycles. The summed E-state index contributed by atoms with van der Waals surface area (Å²) in [7, 11) is -3.98. The van der Waals surface area contributed by atoms with Crippen LogP contribution < -0.4 is 9.64 Å². The zero-order valence-corrected chi connectivity index (χ0v) is 18.9. The zero-order valence-electron chi connectivity index (χ0n) is 18.0. The molecule has 1 amide bonds. The maximum Gasteiger partial charge on any atom is 0.471 e. The number of anilines is 1. The van der Waals surface area contributed by atoms with Gasteiger partial charge in [0.25, 0.3) is 0 Å². The number of carbonyl (C=O) groups excluding carboxylic acids is 1. The Morgan fingerprint density at radius 1 is 1.00 bits per heavy atom. The molecule has 1 aliphatic rings. The number of para-hydroxylation sites is 1. The number of halogens is 3. The molecule has 0 saturated carbocycles. The van der Waals surface area contributed by atoms with E-state index in [2.05, 4.69) is 0 Å². The molecule has 3 aromatic carbocycles. The minimum Gasteiger partial charge on any atom is -0.494 e.